The molecule has 0 aliphatic rings. The van der Waals surface area contributed by atoms with Crippen LogP contribution in [0.25, 0.3) is 0 Å². The van der Waals surface area contributed by atoms with Gasteiger partial charge in [-0.1, -0.05) is 310 Å². The normalized spacial score (nSPS) is 14.5. The van der Waals surface area contributed by atoms with Crippen LogP contribution in [0, 0.1) is 17.8 Å². The standard InChI is InChI=1S/C76H144O17P2/c1-8-10-11-12-13-14-15-16-19-23-26-29-36-45-52-59-75(80)92-71(63-86-73(78)57-50-43-35-32-31-34-42-49-56-69(7)9-2)65-90-94(82,83)88-61-70(77)62-89-95(84,85)91-66-72(64-87-74(79)58-51-44-39-38-41-48-55-68(5)6)93-76(81)60-53-46-37-30-27-24-21-18-17-20-22-25-28-33-40-47-54-67(3)4/h14-16,19,67-72,77H,8-13,17-18,20-66H2,1-7H3,(H,82,83)(H,84,85)/b15-14-,19-16-/t69?,70?,71-,72-/m1/s1. The van der Waals surface area contributed by atoms with Gasteiger partial charge in [-0.2, -0.15) is 0 Å². The number of aliphatic hydroxyl groups is 1. The molecule has 0 aromatic carbocycles. The molecule has 0 rings (SSSR count). The maximum atomic E-state index is 13.1. The molecule has 0 amide bonds. The number of hydrogen-bond donors (Lipinski definition) is 3. The number of hydrogen-bond acceptors (Lipinski definition) is 15. The molecule has 0 bridgehead atoms. The molecule has 0 fully saturated rings. The van der Waals surface area contributed by atoms with Gasteiger partial charge in [0.2, 0.25) is 0 Å². The van der Waals surface area contributed by atoms with Crippen molar-refractivity contribution in [1.82, 2.24) is 0 Å². The van der Waals surface area contributed by atoms with Crippen LogP contribution in [0.2, 0.25) is 0 Å². The molecular weight excluding hydrogens is 1250 g/mol. The minimum Gasteiger partial charge on any atom is -0.462 e. The fraction of sp³-hybridized carbons (Fsp3) is 0.895. The monoisotopic (exact) mass is 1390 g/mol. The zero-order chi connectivity index (χ0) is 70.1. The van der Waals surface area contributed by atoms with E-state index in [-0.39, 0.29) is 25.7 Å². The van der Waals surface area contributed by atoms with Gasteiger partial charge in [0, 0.05) is 25.7 Å². The Morgan fingerprint density at radius 2 is 0.621 bits per heavy atom. The van der Waals surface area contributed by atoms with Crippen LogP contribution in [0.15, 0.2) is 24.3 Å². The zero-order valence-electron chi connectivity index (χ0n) is 61.6. The molecule has 560 valence electrons. The molecule has 0 aromatic rings. The number of rotatable bonds is 72. The first-order valence-electron chi connectivity index (χ1n) is 38.7. The number of unbranched alkanes of at least 4 members (excludes halogenated alkanes) is 36. The summed E-state index contributed by atoms with van der Waals surface area (Å²) in [5, 5.41) is 10.6. The van der Waals surface area contributed by atoms with Crippen molar-refractivity contribution >= 4 is 39.5 Å². The highest BCUT2D eigenvalue weighted by Crippen LogP contribution is 2.45. The molecule has 19 heteroatoms. The van der Waals surface area contributed by atoms with Crippen molar-refractivity contribution < 1.29 is 80.2 Å². The first-order valence-corrected chi connectivity index (χ1v) is 41.7. The molecule has 6 atom stereocenters. The van der Waals surface area contributed by atoms with E-state index in [0.29, 0.717) is 31.6 Å². The van der Waals surface area contributed by atoms with Gasteiger partial charge in [0.1, 0.15) is 19.3 Å². The van der Waals surface area contributed by atoms with Crippen molar-refractivity contribution in [2.24, 2.45) is 17.8 Å². The van der Waals surface area contributed by atoms with E-state index in [1.165, 1.54) is 154 Å². The molecule has 0 saturated carbocycles. The molecule has 0 spiro atoms. The van der Waals surface area contributed by atoms with Crippen molar-refractivity contribution in [3.05, 3.63) is 24.3 Å². The quantitative estimate of drug-likeness (QED) is 0.0169. The highest BCUT2D eigenvalue weighted by molar-refractivity contribution is 7.47. The number of carbonyl (C=O) groups is 4. The number of phosphoric acid groups is 2. The van der Waals surface area contributed by atoms with Crippen molar-refractivity contribution in [1.29, 1.82) is 0 Å². The average Bonchev–Trinajstić information content (AvgIpc) is 2.19. The lowest BCUT2D eigenvalue weighted by atomic mass is 9.99. The van der Waals surface area contributed by atoms with E-state index in [2.05, 4.69) is 72.8 Å². The van der Waals surface area contributed by atoms with E-state index < -0.39 is 97.5 Å². The average molecular weight is 1390 g/mol. The molecule has 0 aromatic heterocycles. The third kappa shape index (κ3) is 68.5. The summed E-state index contributed by atoms with van der Waals surface area (Å²) in [6.07, 6.45) is 55.1. The van der Waals surface area contributed by atoms with Gasteiger partial charge in [0.15, 0.2) is 12.2 Å². The lowest BCUT2D eigenvalue weighted by molar-refractivity contribution is -0.161. The van der Waals surface area contributed by atoms with Crippen molar-refractivity contribution in [3.63, 3.8) is 0 Å². The predicted molar refractivity (Wildman–Crippen MR) is 386 cm³/mol. The fourth-order valence-electron chi connectivity index (χ4n) is 11.0. The summed E-state index contributed by atoms with van der Waals surface area (Å²) in [5.74, 6) is 0.109. The summed E-state index contributed by atoms with van der Waals surface area (Å²) in [6, 6.07) is 0. The summed E-state index contributed by atoms with van der Waals surface area (Å²) < 4.78 is 68.4. The number of aliphatic hydroxyl groups excluding tert-OH is 1. The third-order valence-electron chi connectivity index (χ3n) is 17.4. The van der Waals surface area contributed by atoms with E-state index in [0.717, 1.165) is 121 Å². The first-order chi connectivity index (χ1) is 45.8. The van der Waals surface area contributed by atoms with Gasteiger partial charge < -0.3 is 33.8 Å². The molecular formula is C76H144O17P2. The molecule has 17 nitrogen and oxygen atoms in total. The molecule has 0 radical (unpaired) electrons. The van der Waals surface area contributed by atoms with Gasteiger partial charge in [-0.25, -0.2) is 9.13 Å². The zero-order valence-corrected chi connectivity index (χ0v) is 63.4. The summed E-state index contributed by atoms with van der Waals surface area (Å²) in [4.78, 5) is 72.7. The van der Waals surface area contributed by atoms with Gasteiger partial charge >= 0.3 is 39.5 Å². The highest BCUT2D eigenvalue weighted by atomic mass is 31.2. The van der Waals surface area contributed by atoms with Crippen LogP contribution in [0.4, 0.5) is 0 Å². The smallest absolute Gasteiger partial charge is 0.462 e. The number of carbonyl (C=O) groups excluding carboxylic acids is 4. The van der Waals surface area contributed by atoms with Gasteiger partial charge in [0.05, 0.1) is 26.4 Å². The summed E-state index contributed by atoms with van der Waals surface area (Å²) in [7, 11) is -9.92. The van der Waals surface area contributed by atoms with Gasteiger partial charge in [-0.15, -0.1) is 0 Å². The Hall–Kier alpha value is -2.46. The molecule has 95 heavy (non-hydrogen) atoms. The summed E-state index contributed by atoms with van der Waals surface area (Å²) in [6.45, 7) is 11.8. The second kappa shape index (κ2) is 66.1. The molecule has 0 saturated heterocycles. The minimum absolute atomic E-state index is 0.0842. The number of esters is 4. The van der Waals surface area contributed by atoms with Crippen molar-refractivity contribution in [2.75, 3.05) is 39.6 Å². The Labute approximate surface area is 580 Å². The lowest BCUT2D eigenvalue weighted by Crippen LogP contribution is -2.30. The Balaban J connectivity index is 5.24. The van der Waals surface area contributed by atoms with Gasteiger partial charge in [-0.05, 0) is 69.1 Å². The Morgan fingerprint density at radius 3 is 0.937 bits per heavy atom. The van der Waals surface area contributed by atoms with Crippen LogP contribution in [0.3, 0.4) is 0 Å². The molecule has 0 heterocycles. The Kier molecular flexibility index (Phi) is 64.4. The largest absolute Gasteiger partial charge is 0.472 e. The van der Waals surface area contributed by atoms with Crippen LogP contribution in [-0.4, -0.2) is 96.7 Å². The second-order valence-corrected chi connectivity index (χ2v) is 30.8. The van der Waals surface area contributed by atoms with Crippen LogP contribution >= 0.6 is 15.6 Å². The lowest BCUT2D eigenvalue weighted by Gasteiger charge is -2.21. The van der Waals surface area contributed by atoms with Crippen LogP contribution in [0.5, 0.6) is 0 Å². The SMILES string of the molecule is CCCCCC/C=C\C=C/CCCCCCCC(=O)O[C@H](COC(=O)CCCCCCCCCCC(C)CC)COP(=O)(O)OCC(O)COP(=O)(O)OC[C@@H](COC(=O)CCCCCCCCC(C)C)OC(=O)CCCCCCCCCCCCCCCCCCC(C)C. The first kappa shape index (κ1) is 92.5. The fourth-order valence-corrected chi connectivity index (χ4v) is 12.6. The molecule has 4 unspecified atom stereocenters. The summed E-state index contributed by atoms with van der Waals surface area (Å²) >= 11 is 0. The van der Waals surface area contributed by atoms with Crippen LogP contribution < -0.4 is 0 Å². The number of ether oxygens (including phenoxy) is 4. The summed E-state index contributed by atoms with van der Waals surface area (Å²) in [5.41, 5.74) is 0. The maximum absolute atomic E-state index is 13.1. The second-order valence-electron chi connectivity index (χ2n) is 27.9. The van der Waals surface area contributed by atoms with Gasteiger partial charge in [0.25, 0.3) is 0 Å². The van der Waals surface area contributed by atoms with Gasteiger partial charge in [-0.3, -0.25) is 37.3 Å². The molecule has 3 N–H and O–H groups in total. The van der Waals surface area contributed by atoms with E-state index in [4.69, 9.17) is 37.0 Å². The molecule has 0 aliphatic carbocycles. The topological polar surface area (TPSA) is 237 Å². The van der Waals surface area contributed by atoms with Crippen molar-refractivity contribution in [2.45, 2.75) is 381 Å². The number of allylic oxidation sites excluding steroid dienone is 4. The van der Waals surface area contributed by atoms with Crippen molar-refractivity contribution in [3.8, 4) is 0 Å². The van der Waals surface area contributed by atoms with E-state index in [1.54, 1.807) is 0 Å². The van der Waals surface area contributed by atoms with Crippen LogP contribution in [0.1, 0.15) is 363 Å². The Bertz CT molecular complexity index is 1950. The number of phosphoric ester groups is 2. The third-order valence-corrected chi connectivity index (χ3v) is 19.3. The maximum Gasteiger partial charge on any atom is 0.472 e. The highest BCUT2D eigenvalue weighted by Gasteiger charge is 2.30. The molecule has 0 aliphatic heterocycles. The van der Waals surface area contributed by atoms with E-state index >= 15 is 0 Å². The van der Waals surface area contributed by atoms with E-state index in [1.807, 2.05) is 0 Å². The predicted octanol–water partition coefficient (Wildman–Crippen LogP) is 21.7. The van der Waals surface area contributed by atoms with E-state index in [9.17, 15) is 43.2 Å². The Morgan fingerprint density at radius 1 is 0.347 bits per heavy atom. The minimum atomic E-state index is -4.96. The van der Waals surface area contributed by atoms with Crippen LogP contribution in [-0.2, 0) is 65.4 Å².